The van der Waals surface area contributed by atoms with Gasteiger partial charge in [-0.2, -0.15) is 5.10 Å². The zero-order valence-corrected chi connectivity index (χ0v) is 23.6. The van der Waals surface area contributed by atoms with Gasteiger partial charge in [0.2, 0.25) is 0 Å². The lowest BCUT2D eigenvalue weighted by Crippen LogP contribution is -2.17. The van der Waals surface area contributed by atoms with E-state index >= 15 is 0 Å². The number of amides is 1. The SMILES string of the molecule is Cc1nc(-c2cc(Nc3ccc(C4CCCN4C)cn3)c(=O)[nH]n2)sc1NC(=O)c1ccc(C(C)(C)C)cc1. The molecule has 3 N–H and O–H groups in total. The van der Waals surface area contributed by atoms with Crippen molar-refractivity contribution < 1.29 is 4.79 Å². The van der Waals surface area contributed by atoms with Crippen LogP contribution in [0.1, 0.15) is 66.8 Å². The average molecular weight is 544 g/mol. The number of rotatable bonds is 6. The van der Waals surface area contributed by atoms with Crippen molar-refractivity contribution in [2.45, 2.75) is 52.0 Å². The van der Waals surface area contributed by atoms with Crippen LogP contribution in [0.4, 0.5) is 16.5 Å². The number of nitrogens with one attached hydrogen (secondary N) is 3. The predicted octanol–water partition coefficient (Wildman–Crippen LogP) is 5.66. The molecule has 1 unspecified atom stereocenters. The predicted molar refractivity (Wildman–Crippen MR) is 156 cm³/mol. The zero-order chi connectivity index (χ0) is 27.7. The van der Waals surface area contributed by atoms with Crippen LogP contribution in [0, 0.1) is 6.92 Å². The summed E-state index contributed by atoms with van der Waals surface area (Å²) in [7, 11) is 2.13. The molecule has 1 atom stereocenters. The molecule has 0 radical (unpaired) electrons. The van der Waals surface area contributed by atoms with Crippen molar-refractivity contribution >= 4 is 33.8 Å². The molecule has 1 aliphatic heterocycles. The standard InChI is InChI=1S/C29H33N7O2S/c1-17-27(33-25(37)18-8-11-20(12-9-18)29(2,3)4)39-28(31-17)22-15-21(26(38)35-34-22)32-24-13-10-19(16-30-24)23-7-6-14-36(23)5/h8-13,15-16,23H,6-7,14H2,1-5H3,(H,33,37)(H,35,38)(H,30,32,34). The number of anilines is 3. The van der Waals surface area contributed by atoms with Gasteiger partial charge >= 0.3 is 0 Å². The second-order valence-corrected chi connectivity index (χ2v) is 12.0. The first-order valence-electron chi connectivity index (χ1n) is 13.0. The van der Waals surface area contributed by atoms with Crippen molar-refractivity contribution in [1.29, 1.82) is 0 Å². The smallest absolute Gasteiger partial charge is 0.287 e. The number of hydrogen-bond donors (Lipinski definition) is 3. The van der Waals surface area contributed by atoms with E-state index < -0.39 is 0 Å². The Hall–Kier alpha value is -3.89. The maximum Gasteiger partial charge on any atom is 0.287 e. The van der Waals surface area contributed by atoms with Crippen molar-refractivity contribution in [3.63, 3.8) is 0 Å². The summed E-state index contributed by atoms with van der Waals surface area (Å²) in [5.41, 5.74) is 4.04. The van der Waals surface area contributed by atoms with Crippen LogP contribution in [0.15, 0.2) is 53.5 Å². The summed E-state index contributed by atoms with van der Waals surface area (Å²) in [4.78, 5) is 36.8. The van der Waals surface area contributed by atoms with Crippen molar-refractivity contribution in [3.8, 4) is 10.7 Å². The third-order valence-electron chi connectivity index (χ3n) is 7.01. The van der Waals surface area contributed by atoms with Crippen molar-refractivity contribution in [2.24, 2.45) is 0 Å². The normalized spacial score (nSPS) is 15.9. The molecule has 0 bridgehead atoms. The molecule has 1 saturated heterocycles. The Morgan fingerprint density at radius 2 is 1.92 bits per heavy atom. The van der Waals surface area contributed by atoms with Gasteiger partial charge in [0.15, 0.2) is 0 Å². The summed E-state index contributed by atoms with van der Waals surface area (Å²) in [5.74, 6) is 0.367. The number of H-pyrrole nitrogens is 1. The number of nitrogens with zero attached hydrogens (tertiary/aromatic N) is 4. The quantitative estimate of drug-likeness (QED) is 0.287. The molecule has 39 heavy (non-hydrogen) atoms. The third kappa shape index (κ3) is 5.91. The molecule has 0 spiro atoms. The summed E-state index contributed by atoms with van der Waals surface area (Å²) in [6, 6.07) is 13.6. The fraction of sp³-hybridized carbons (Fsp3) is 0.345. The van der Waals surface area contributed by atoms with Crippen LogP contribution in [-0.4, -0.2) is 44.6 Å². The Morgan fingerprint density at radius 1 is 1.15 bits per heavy atom. The fourth-order valence-corrected chi connectivity index (χ4v) is 5.59. The highest BCUT2D eigenvalue weighted by molar-refractivity contribution is 7.19. The van der Waals surface area contributed by atoms with Crippen LogP contribution in [0.3, 0.4) is 0 Å². The summed E-state index contributed by atoms with van der Waals surface area (Å²) in [5, 5.41) is 14.0. The number of likely N-dealkylation sites (tertiary alicyclic amines) is 1. The zero-order valence-electron chi connectivity index (χ0n) is 22.8. The van der Waals surface area contributed by atoms with Crippen LogP contribution in [-0.2, 0) is 5.41 Å². The Labute approximate surface area is 231 Å². The second-order valence-electron chi connectivity index (χ2n) is 11.0. The minimum absolute atomic E-state index is 0.0154. The Balaban J connectivity index is 1.31. The van der Waals surface area contributed by atoms with Crippen molar-refractivity contribution in [1.82, 2.24) is 25.1 Å². The van der Waals surface area contributed by atoms with Gasteiger partial charge in [-0.1, -0.05) is 50.3 Å². The average Bonchev–Trinajstić information content (AvgIpc) is 3.50. The topological polar surface area (TPSA) is 116 Å². The van der Waals surface area contributed by atoms with Gasteiger partial charge in [0.25, 0.3) is 11.5 Å². The highest BCUT2D eigenvalue weighted by atomic mass is 32.1. The van der Waals surface area contributed by atoms with E-state index in [1.54, 1.807) is 6.07 Å². The van der Waals surface area contributed by atoms with Gasteiger partial charge < -0.3 is 10.6 Å². The first-order chi connectivity index (χ1) is 18.6. The molecule has 4 heterocycles. The largest absolute Gasteiger partial charge is 0.336 e. The number of benzene rings is 1. The third-order valence-corrected chi connectivity index (χ3v) is 8.11. The molecule has 4 aromatic rings. The van der Waals surface area contributed by atoms with E-state index in [-0.39, 0.29) is 16.9 Å². The number of pyridine rings is 1. The Bertz CT molecular complexity index is 1540. The molecule has 202 valence electrons. The molecule has 1 fully saturated rings. The molecule has 10 heteroatoms. The van der Waals surface area contributed by atoms with E-state index in [0.717, 1.165) is 18.5 Å². The lowest BCUT2D eigenvalue weighted by atomic mass is 9.87. The first kappa shape index (κ1) is 26.7. The number of hydrogen-bond acceptors (Lipinski definition) is 8. The van der Waals surface area contributed by atoms with Gasteiger partial charge in [0.05, 0.1) is 5.69 Å². The van der Waals surface area contributed by atoms with E-state index in [9.17, 15) is 9.59 Å². The first-order valence-corrected chi connectivity index (χ1v) is 13.8. The van der Waals surface area contributed by atoms with Gasteiger partial charge in [-0.3, -0.25) is 14.5 Å². The van der Waals surface area contributed by atoms with Crippen molar-refractivity contribution in [2.75, 3.05) is 24.2 Å². The van der Waals surface area contributed by atoms with E-state index in [4.69, 9.17) is 0 Å². The monoisotopic (exact) mass is 543 g/mol. The molecule has 3 aromatic heterocycles. The second kappa shape index (κ2) is 10.7. The van der Waals surface area contributed by atoms with Crippen LogP contribution < -0.4 is 16.2 Å². The van der Waals surface area contributed by atoms with Crippen molar-refractivity contribution in [3.05, 3.63) is 81.4 Å². The summed E-state index contributed by atoms with van der Waals surface area (Å²) in [6.07, 6.45) is 4.17. The lowest BCUT2D eigenvalue weighted by molar-refractivity contribution is 0.102. The number of carbonyl (C=O) groups is 1. The fourth-order valence-electron chi connectivity index (χ4n) is 4.67. The molecular weight excluding hydrogens is 510 g/mol. The molecule has 1 amide bonds. The lowest BCUT2D eigenvalue weighted by Gasteiger charge is -2.19. The maximum absolute atomic E-state index is 12.9. The van der Waals surface area contributed by atoms with E-state index in [0.29, 0.717) is 44.5 Å². The Morgan fingerprint density at radius 3 is 2.56 bits per heavy atom. The molecule has 1 aliphatic rings. The molecule has 0 aliphatic carbocycles. The van der Waals surface area contributed by atoms with Gasteiger partial charge in [0, 0.05) is 17.8 Å². The summed E-state index contributed by atoms with van der Waals surface area (Å²) in [6.45, 7) is 9.33. The number of aromatic amines is 1. The van der Waals surface area contributed by atoms with Gasteiger partial charge in [0.1, 0.15) is 27.2 Å². The molecule has 5 rings (SSSR count). The van der Waals surface area contributed by atoms with Gasteiger partial charge in [-0.15, -0.1) is 0 Å². The minimum atomic E-state index is -0.360. The van der Waals surface area contributed by atoms with Crippen LogP contribution in [0.5, 0.6) is 0 Å². The number of aromatic nitrogens is 4. The van der Waals surface area contributed by atoms with Gasteiger partial charge in [-0.05, 0) is 74.2 Å². The number of carbonyl (C=O) groups excluding carboxylic acids is 1. The summed E-state index contributed by atoms with van der Waals surface area (Å²) < 4.78 is 0. The van der Waals surface area contributed by atoms with Gasteiger partial charge in [-0.25, -0.2) is 15.1 Å². The highest BCUT2D eigenvalue weighted by Crippen LogP contribution is 2.33. The number of aryl methyl sites for hydroxylation is 1. The summed E-state index contributed by atoms with van der Waals surface area (Å²) >= 11 is 1.30. The minimum Gasteiger partial charge on any atom is -0.336 e. The maximum atomic E-state index is 12.9. The molecular formula is C29H33N7O2S. The molecule has 9 nitrogen and oxygen atoms in total. The van der Waals surface area contributed by atoms with E-state index in [1.807, 2.05) is 49.5 Å². The van der Waals surface area contributed by atoms with E-state index in [1.165, 1.54) is 23.3 Å². The highest BCUT2D eigenvalue weighted by Gasteiger charge is 2.23. The molecule has 1 aromatic carbocycles. The van der Waals surface area contributed by atoms with Crippen LogP contribution >= 0.6 is 11.3 Å². The van der Waals surface area contributed by atoms with Crippen LogP contribution in [0.25, 0.3) is 10.7 Å². The van der Waals surface area contributed by atoms with Crippen LogP contribution in [0.2, 0.25) is 0 Å². The number of thiazole rings is 1. The van der Waals surface area contributed by atoms with E-state index in [2.05, 4.69) is 63.5 Å². The Kier molecular flexibility index (Phi) is 7.33. The molecule has 0 saturated carbocycles.